The quantitative estimate of drug-likeness (QED) is 0.431. The summed E-state index contributed by atoms with van der Waals surface area (Å²) in [6, 6.07) is 16.7. The third kappa shape index (κ3) is 4.40. The van der Waals surface area contributed by atoms with Crippen LogP contribution in [0.5, 0.6) is 5.75 Å². The first kappa shape index (κ1) is 21.2. The molecule has 0 fully saturated rings. The van der Waals surface area contributed by atoms with E-state index in [0.29, 0.717) is 16.5 Å². The van der Waals surface area contributed by atoms with Crippen LogP contribution in [0.2, 0.25) is 5.02 Å². The molecule has 1 aromatic heterocycles. The Hall–Kier alpha value is -3.49. The van der Waals surface area contributed by atoms with Crippen LogP contribution in [0.3, 0.4) is 0 Å². The molecular weight excluding hydrogens is 398 g/mol. The number of methoxy groups -OCH3 is 1. The smallest absolute Gasteiger partial charge is 0.266 e. The molecule has 2 aromatic carbocycles. The lowest BCUT2D eigenvalue weighted by Crippen LogP contribution is -2.13. The van der Waals surface area contributed by atoms with Crippen molar-refractivity contribution in [3.05, 3.63) is 81.6 Å². The van der Waals surface area contributed by atoms with Crippen LogP contribution in [0.25, 0.3) is 11.8 Å². The van der Waals surface area contributed by atoms with Gasteiger partial charge >= 0.3 is 0 Å². The minimum absolute atomic E-state index is 0.0147. The molecule has 6 heteroatoms. The number of hydrogen-bond donors (Lipinski definition) is 1. The Balaban J connectivity index is 1.95. The molecule has 0 bridgehead atoms. The first-order chi connectivity index (χ1) is 14.3. The molecule has 0 unspecified atom stereocenters. The van der Waals surface area contributed by atoms with Gasteiger partial charge in [0.2, 0.25) is 0 Å². The second-order valence-corrected chi connectivity index (χ2v) is 7.39. The molecule has 1 amide bonds. The number of ether oxygens (including phenoxy) is 1. The van der Waals surface area contributed by atoms with Gasteiger partial charge < -0.3 is 14.6 Å². The zero-order valence-electron chi connectivity index (χ0n) is 17.3. The van der Waals surface area contributed by atoms with Crippen LogP contribution in [0.4, 0.5) is 5.69 Å². The number of anilines is 1. The van der Waals surface area contributed by atoms with E-state index >= 15 is 0 Å². The van der Waals surface area contributed by atoms with E-state index in [1.165, 1.54) is 0 Å². The summed E-state index contributed by atoms with van der Waals surface area (Å²) in [5.41, 5.74) is 5.31. The van der Waals surface area contributed by atoms with Gasteiger partial charge in [0.15, 0.2) is 0 Å². The third-order valence-electron chi connectivity index (χ3n) is 4.87. The van der Waals surface area contributed by atoms with Crippen molar-refractivity contribution in [3.8, 4) is 17.5 Å². The molecule has 1 N–H and O–H groups in total. The molecule has 0 saturated carbocycles. The number of carbonyl (C=O) groups excluding carboxylic acids is 1. The molecule has 0 spiro atoms. The predicted molar refractivity (Wildman–Crippen MR) is 120 cm³/mol. The van der Waals surface area contributed by atoms with Crippen LogP contribution in [0.1, 0.15) is 22.5 Å². The fraction of sp³-hybridized carbons (Fsp3) is 0.167. The highest BCUT2D eigenvalue weighted by Crippen LogP contribution is 2.27. The molecule has 0 aliphatic rings. The molecule has 0 aliphatic heterocycles. The summed E-state index contributed by atoms with van der Waals surface area (Å²) in [6.45, 7) is 5.95. The zero-order valence-corrected chi connectivity index (χ0v) is 18.0. The molecule has 30 heavy (non-hydrogen) atoms. The number of halogens is 1. The zero-order chi connectivity index (χ0) is 21.8. The lowest BCUT2D eigenvalue weighted by Gasteiger charge is -2.13. The van der Waals surface area contributed by atoms with Crippen molar-refractivity contribution >= 4 is 29.3 Å². The first-order valence-corrected chi connectivity index (χ1v) is 9.74. The topological polar surface area (TPSA) is 67.0 Å². The summed E-state index contributed by atoms with van der Waals surface area (Å²) in [4.78, 5) is 12.7. The van der Waals surface area contributed by atoms with E-state index in [1.807, 2.05) is 51.1 Å². The Morgan fingerprint density at radius 1 is 1.17 bits per heavy atom. The summed E-state index contributed by atoms with van der Waals surface area (Å²) < 4.78 is 7.24. The normalized spacial score (nSPS) is 11.1. The number of nitriles is 1. The van der Waals surface area contributed by atoms with E-state index in [1.54, 1.807) is 37.5 Å². The Labute approximate surface area is 181 Å². The third-order valence-corrected chi connectivity index (χ3v) is 5.11. The highest BCUT2D eigenvalue weighted by molar-refractivity contribution is 6.30. The van der Waals surface area contributed by atoms with Crippen LogP contribution in [-0.2, 0) is 4.79 Å². The van der Waals surface area contributed by atoms with Gasteiger partial charge in [0, 0.05) is 33.9 Å². The fourth-order valence-corrected chi connectivity index (χ4v) is 3.50. The SMILES string of the molecule is COc1cccc(NC(=O)/C(C#N)=C\c2cc(C)n(-c3cc(Cl)ccc3C)c2C)c1. The molecule has 0 aliphatic carbocycles. The Morgan fingerprint density at radius 2 is 1.93 bits per heavy atom. The van der Waals surface area contributed by atoms with Gasteiger partial charge in [0.25, 0.3) is 5.91 Å². The highest BCUT2D eigenvalue weighted by Gasteiger charge is 2.15. The van der Waals surface area contributed by atoms with Gasteiger partial charge in [-0.15, -0.1) is 0 Å². The maximum absolute atomic E-state index is 12.7. The fourth-order valence-electron chi connectivity index (χ4n) is 3.33. The van der Waals surface area contributed by atoms with Crippen LogP contribution in [-0.4, -0.2) is 17.6 Å². The van der Waals surface area contributed by atoms with Crippen molar-refractivity contribution in [1.29, 1.82) is 5.26 Å². The minimum atomic E-state index is -0.477. The monoisotopic (exact) mass is 419 g/mol. The molecule has 0 radical (unpaired) electrons. The lowest BCUT2D eigenvalue weighted by atomic mass is 10.1. The Bertz CT molecular complexity index is 1190. The van der Waals surface area contributed by atoms with Crippen molar-refractivity contribution in [2.75, 3.05) is 12.4 Å². The summed E-state index contributed by atoms with van der Waals surface area (Å²) in [7, 11) is 1.55. The van der Waals surface area contributed by atoms with Crippen molar-refractivity contribution < 1.29 is 9.53 Å². The second-order valence-electron chi connectivity index (χ2n) is 6.95. The predicted octanol–water partition coefficient (Wildman–Crippen LogP) is 5.61. The van der Waals surface area contributed by atoms with Gasteiger partial charge in [-0.2, -0.15) is 5.26 Å². The summed E-state index contributed by atoms with van der Waals surface area (Å²) in [5, 5.41) is 13.0. The summed E-state index contributed by atoms with van der Waals surface area (Å²) in [6.07, 6.45) is 1.61. The van der Waals surface area contributed by atoms with E-state index < -0.39 is 5.91 Å². The summed E-state index contributed by atoms with van der Waals surface area (Å²) in [5.74, 6) is 0.144. The van der Waals surface area contributed by atoms with Gasteiger partial charge in [-0.3, -0.25) is 4.79 Å². The average Bonchev–Trinajstić information content (AvgIpc) is 3.00. The van der Waals surface area contributed by atoms with Crippen LogP contribution >= 0.6 is 11.6 Å². The number of amides is 1. The standard InChI is InChI=1S/C24H22ClN3O2/c1-15-8-9-20(25)12-23(15)28-16(2)10-18(17(28)3)11-19(14-26)24(29)27-21-6-5-7-22(13-21)30-4/h5-13H,1-4H3,(H,27,29)/b19-11-. The van der Waals surface area contributed by atoms with E-state index in [9.17, 15) is 10.1 Å². The number of nitrogens with one attached hydrogen (secondary N) is 1. The van der Waals surface area contributed by atoms with Gasteiger partial charge in [0.1, 0.15) is 17.4 Å². The molecular formula is C24H22ClN3O2. The van der Waals surface area contributed by atoms with Gasteiger partial charge in [-0.05, 0) is 68.3 Å². The number of aromatic nitrogens is 1. The van der Waals surface area contributed by atoms with Crippen LogP contribution in [0.15, 0.2) is 54.1 Å². The van der Waals surface area contributed by atoms with Gasteiger partial charge in [-0.1, -0.05) is 23.7 Å². The van der Waals surface area contributed by atoms with E-state index in [-0.39, 0.29) is 5.57 Å². The summed E-state index contributed by atoms with van der Waals surface area (Å²) >= 11 is 6.19. The number of nitrogens with zero attached hydrogens (tertiary/aromatic N) is 2. The van der Waals surface area contributed by atoms with E-state index in [0.717, 1.165) is 28.2 Å². The van der Waals surface area contributed by atoms with Crippen molar-refractivity contribution in [1.82, 2.24) is 4.57 Å². The van der Waals surface area contributed by atoms with Crippen LogP contribution in [0, 0.1) is 32.1 Å². The van der Waals surface area contributed by atoms with Crippen molar-refractivity contribution in [3.63, 3.8) is 0 Å². The maximum atomic E-state index is 12.7. The molecule has 5 nitrogen and oxygen atoms in total. The molecule has 1 heterocycles. The number of carbonyl (C=O) groups is 1. The number of hydrogen-bond acceptors (Lipinski definition) is 3. The van der Waals surface area contributed by atoms with E-state index in [2.05, 4.69) is 9.88 Å². The van der Waals surface area contributed by atoms with Crippen LogP contribution < -0.4 is 10.1 Å². The molecule has 3 aromatic rings. The minimum Gasteiger partial charge on any atom is -0.497 e. The Kier molecular flexibility index (Phi) is 6.29. The second kappa shape index (κ2) is 8.89. The molecule has 0 atom stereocenters. The highest BCUT2D eigenvalue weighted by atomic mass is 35.5. The van der Waals surface area contributed by atoms with Crippen molar-refractivity contribution in [2.45, 2.75) is 20.8 Å². The van der Waals surface area contributed by atoms with Crippen molar-refractivity contribution in [2.24, 2.45) is 0 Å². The first-order valence-electron chi connectivity index (χ1n) is 9.36. The number of benzene rings is 2. The van der Waals surface area contributed by atoms with Gasteiger partial charge in [-0.25, -0.2) is 0 Å². The number of aryl methyl sites for hydroxylation is 2. The maximum Gasteiger partial charge on any atom is 0.266 e. The average molecular weight is 420 g/mol. The number of rotatable bonds is 5. The molecule has 0 saturated heterocycles. The van der Waals surface area contributed by atoms with Gasteiger partial charge in [0.05, 0.1) is 7.11 Å². The molecule has 3 rings (SSSR count). The van der Waals surface area contributed by atoms with E-state index in [4.69, 9.17) is 16.3 Å². The largest absolute Gasteiger partial charge is 0.497 e. The molecule has 152 valence electrons. The lowest BCUT2D eigenvalue weighted by molar-refractivity contribution is -0.112. The Morgan fingerprint density at radius 3 is 2.63 bits per heavy atom.